The van der Waals surface area contributed by atoms with E-state index in [4.69, 9.17) is 4.74 Å². The van der Waals surface area contributed by atoms with Crippen LogP contribution in [0.3, 0.4) is 0 Å². The molecular weight excluding hydrogens is 466 g/mol. The van der Waals surface area contributed by atoms with Crippen LogP contribution in [0.4, 0.5) is 0 Å². The van der Waals surface area contributed by atoms with Gasteiger partial charge in [0.15, 0.2) is 0 Å². The van der Waals surface area contributed by atoms with Gasteiger partial charge in [-0.3, -0.25) is 4.79 Å². The van der Waals surface area contributed by atoms with Crippen molar-refractivity contribution < 1.29 is 17.9 Å². The van der Waals surface area contributed by atoms with Crippen molar-refractivity contribution in [3.8, 4) is 5.75 Å². The van der Waals surface area contributed by atoms with Gasteiger partial charge in [-0.2, -0.15) is 0 Å². The molecule has 4 rings (SSSR count). The third kappa shape index (κ3) is 3.52. The maximum absolute atomic E-state index is 13.3. The molecule has 30 heavy (non-hydrogen) atoms. The maximum Gasteiger partial charge on any atom is 0.267 e. The van der Waals surface area contributed by atoms with E-state index in [1.807, 2.05) is 43.3 Å². The van der Waals surface area contributed by atoms with Crippen LogP contribution in [0.1, 0.15) is 28.7 Å². The third-order valence-corrected chi connectivity index (χ3v) is 7.64. The van der Waals surface area contributed by atoms with Crippen molar-refractivity contribution >= 4 is 31.9 Å². The number of aryl methyl sites for hydroxylation is 1. The SMILES string of the molecule is COc1ccc([C@@H]2C(=O)N(S(=O)(=O)c3ccc(C)cc3)[C@H]2c2ccc(Br)cc2)cc1. The lowest BCUT2D eigenvalue weighted by atomic mass is 9.80. The average molecular weight is 486 g/mol. The Labute approximate surface area is 184 Å². The molecule has 0 radical (unpaired) electrons. The lowest BCUT2D eigenvalue weighted by molar-refractivity contribution is -0.141. The summed E-state index contributed by atoms with van der Waals surface area (Å²) in [5, 5.41) is 0. The Morgan fingerprint density at radius 3 is 2.00 bits per heavy atom. The average Bonchev–Trinajstić information content (AvgIpc) is 2.73. The quantitative estimate of drug-likeness (QED) is 0.485. The monoisotopic (exact) mass is 485 g/mol. The van der Waals surface area contributed by atoms with E-state index in [1.165, 1.54) is 12.1 Å². The zero-order valence-corrected chi connectivity index (χ0v) is 18.9. The molecule has 0 N–H and O–H groups in total. The molecule has 1 amide bonds. The summed E-state index contributed by atoms with van der Waals surface area (Å²) in [6.07, 6.45) is 0. The Hall–Kier alpha value is -2.64. The van der Waals surface area contributed by atoms with Crippen molar-refractivity contribution in [1.29, 1.82) is 0 Å². The van der Waals surface area contributed by atoms with Gasteiger partial charge < -0.3 is 4.74 Å². The summed E-state index contributed by atoms with van der Waals surface area (Å²) in [4.78, 5) is 13.3. The molecule has 0 saturated carbocycles. The Balaban J connectivity index is 1.78. The summed E-state index contributed by atoms with van der Waals surface area (Å²) >= 11 is 3.41. The molecule has 0 aromatic heterocycles. The van der Waals surface area contributed by atoms with E-state index in [9.17, 15) is 13.2 Å². The molecule has 1 aliphatic heterocycles. The van der Waals surface area contributed by atoms with Gasteiger partial charge in [-0.15, -0.1) is 0 Å². The predicted molar refractivity (Wildman–Crippen MR) is 118 cm³/mol. The number of sulfonamides is 1. The third-order valence-electron chi connectivity index (χ3n) is 5.32. The van der Waals surface area contributed by atoms with E-state index in [1.54, 1.807) is 31.4 Å². The van der Waals surface area contributed by atoms with Crippen LogP contribution >= 0.6 is 15.9 Å². The molecule has 1 fully saturated rings. The summed E-state index contributed by atoms with van der Waals surface area (Å²) in [5.74, 6) is -0.346. The highest BCUT2D eigenvalue weighted by Crippen LogP contribution is 2.49. The normalized spacial score (nSPS) is 18.8. The molecular formula is C23H20BrNO4S. The number of hydrogen-bond acceptors (Lipinski definition) is 4. The minimum absolute atomic E-state index is 0.108. The summed E-state index contributed by atoms with van der Waals surface area (Å²) in [7, 11) is -2.41. The van der Waals surface area contributed by atoms with Gasteiger partial charge in [0.2, 0.25) is 5.91 Å². The highest BCUT2D eigenvalue weighted by Gasteiger charge is 2.54. The van der Waals surface area contributed by atoms with Gasteiger partial charge in [-0.1, -0.05) is 57.9 Å². The summed E-state index contributed by atoms with van der Waals surface area (Å²) in [6.45, 7) is 1.88. The Morgan fingerprint density at radius 1 is 0.867 bits per heavy atom. The minimum atomic E-state index is -3.98. The van der Waals surface area contributed by atoms with Gasteiger partial charge in [0.05, 0.1) is 24.0 Å². The van der Waals surface area contributed by atoms with E-state index in [0.717, 1.165) is 25.5 Å². The molecule has 3 aromatic rings. The first-order valence-corrected chi connectivity index (χ1v) is 11.6. The summed E-state index contributed by atoms with van der Waals surface area (Å²) in [5.41, 5.74) is 2.46. The van der Waals surface area contributed by atoms with Gasteiger partial charge in [-0.25, -0.2) is 12.7 Å². The first-order chi connectivity index (χ1) is 14.3. The second kappa shape index (κ2) is 7.89. The lowest BCUT2D eigenvalue weighted by Crippen LogP contribution is -2.55. The number of ether oxygens (including phenoxy) is 1. The smallest absolute Gasteiger partial charge is 0.267 e. The van der Waals surface area contributed by atoms with E-state index in [-0.39, 0.29) is 4.90 Å². The number of β-lactam (4-membered cyclic amide) rings is 1. The number of amides is 1. The van der Waals surface area contributed by atoms with Crippen molar-refractivity contribution in [2.75, 3.05) is 7.11 Å². The van der Waals surface area contributed by atoms with Gasteiger partial charge >= 0.3 is 0 Å². The van der Waals surface area contributed by atoms with E-state index >= 15 is 0 Å². The highest BCUT2D eigenvalue weighted by atomic mass is 79.9. The number of benzene rings is 3. The molecule has 0 bridgehead atoms. The molecule has 7 heteroatoms. The first-order valence-electron chi connectivity index (χ1n) is 9.37. The highest BCUT2D eigenvalue weighted by molar-refractivity contribution is 9.10. The van der Waals surface area contributed by atoms with Crippen molar-refractivity contribution in [2.45, 2.75) is 23.8 Å². The fourth-order valence-electron chi connectivity index (χ4n) is 3.68. The molecule has 5 nitrogen and oxygen atoms in total. The molecule has 1 heterocycles. The molecule has 3 aromatic carbocycles. The van der Waals surface area contributed by atoms with E-state index in [0.29, 0.717) is 5.75 Å². The van der Waals surface area contributed by atoms with Crippen LogP contribution < -0.4 is 4.74 Å². The van der Waals surface area contributed by atoms with Crippen LogP contribution in [0, 0.1) is 6.92 Å². The number of carbonyl (C=O) groups excluding carboxylic acids is 1. The van der Waals surface area contributed by atoms with Gasteiger partial charge in [0.1, 0.15) is 5.75 Å². The van der Waals surface area contributed by atoms with Crippen molar-refractivity contribution in [3.63, 3.8) is 0 Å². The van der Waals surface area contributed by atoms with Gasteiger partial charge in [0.25, 0.3) is 10.0 Å². The molecule has 2 atom stereocenters. The molecule has 0 unspecified atom stereocenters. The Kier molecular flexibility index (Phi) is 5.42. The van der Waals surface area contributed by atoms with Gasteiger partial charge in [0, 0.05) is 4.47 Å². The predicted octanol–water partition coefficient (Wildman–Crippen LogP) is 4.82. The second-order valence-electron chi connectivity index (χ2n) is 7.20. The number of carbonyl (C=O) groups is 1. The van der Waals surface area contributed by atoms with Gasteiger partial charge in [-0.05, 0) is 54.4 Å². The second-order valence-corrected chi connectivity index (χ2v) is 9.93. The fraction of sp³-hybridized carbons (Fsp3) is 0.174. The van der Waals surface area contributed by atoms with Crippen molar-refractivity contribution in [1.82, 2.24) is 4.31 Å². The summed E-state index contributed by atoms with van der Waals surface area (Å²) in [6, 6.07) is 20.5. The zero-order chi connectivity index (χ0) is 21.5. The molecule has 154 valence electrons. The van der Waals surface area contributed by atoms with Crippen LogP contribution in [0.2, 0.25) is 0 Å². The van der Waals surface area contributed by atoms with Crippen molar-refractivity contribution in [3.05, 3.63) is 94.0 Å². The first kappa shape index (κ1) is 20.6. The van der Waals surface area contributed by atoms with Crippen LogP contribution in [-0.4, -0.2) is 25.7 Å². The Morgan fingerprint density at radius 2 is 1.43 bits per heavy atom. The lowest BCUT2D eigenvalue weighted by Gasteiger charge is -2.46. The fourth-order valence-corrected chi connectivity index (χ4v) is 5.54. The maximum atomic E-state index is 13.3. The van der Waals surface area contributed by atoms with Crippen LogP contribution in [-0.2, 0) is 14.8 Å². The molecule has 1 saturated heterocycles. The van der Waals surface area contributed by atoms with E-state index in [2.05, 4.69) is 15.9 Å². The topological polar surface area (TPSA) is 63.7 Å². The number of hydrogen-bond donors (Lipinski definition) is 0. The number of methoxy groups -OCH3 is 1. The number of nitrogens with zero attached hydrogens (tertiary/aromatic N) is 1. The van der Waals surface area contributed by atoms with E-state index < -0.39 is 27.9 Å². The number of rotatable bonds is 5. The largest absolute Gasteiger partial charge is 0.497 e. The molecule has 0 aliphatic carbocycles. The van der Waals surface area contributed by atoms with Crippen molar-refractivity contribution in [2.24, 2.45) is 0 Å². The van der Waals surface area contributed by atoms with Crippen LogP contribution in [0.15, 0.2) is 82.2 Å². The standard InChI is InChI=1S/C23H20BrNO4S/c1-15-3-13-20(14-4-15)30(27,28)25-22(17-5-9-18(24)10-6-17)21(23(25)26)16-7-11-19(29-2)12-8-16/h3-14,21-22H,1-2H3/t21-,22-/m0/s1. The minimum Gasteiger partial charge on any atom is -0.497 e. The number of halogens is 1. The Bertz CT molecular complexity index is 1170. The molecule has 0 spiro atoms. The molecule has 1 aliphatic rings. The van der Waals surface area contributed by atoms with Crippen LogP contribution in [0.5, 0.6) is 5.75 Å². The zero-order valence-electron chi connectivity index (χ0n) is 16.4. The summed E-state index contributed by atoms with van der Waals surface area (Å²) < 4.78 is 33.8. The van der Waals surface area contributed by atoms with Crippen LogP contribution in [0.25, 0.3) is 0 Å².